The second kappa shape index (κ2) is 9.54. The molecule has 2 amide bonds. The van der Waals surface area contributed by atoms with Gasteiger partial charge in [-0.15, -0.1) is 11.3 Å². The highest BCUT2D eigenvalue weighted by molar-refractivity contribution is 7.15. The summed E-state index contributed by atoms with van der Waals surface area (Å²) in [4.78, 5) is 19.4. The van der Waals surface area contributed by atoms with E-state index in [9.17, 15) is 9.18 Å². The number of nitrogens with zero attached hydrogens (tertiary/aromatic N) is 3. The van der Waals surface area contributed by atoms with Gasteiger partial charge in [-0.05, 0) is 79.3 Å². The molecule has 1 aliphatic carbocycles. The minimum absolute atomic E-state index is 0.0208. The molecule has 1 N–H and O–H groups in total. The van der Waals surface area contributed by atoms with Crippen LogP contribution in [0.2, 0.25) is 5.02 Å². The average molecular weight is 535 g/mol. The highest BCUT2D eigenvalue weighted by atomic mass is 35.5. The van der Waals surface area contributed by atoms with Crippen LogP contribution in [0.5, 0.6) is 0 Å². The molecule has 0 radical (unpaired) electrons. The van der Waals surface area contributed by atoms with E-state index in [1.165, 1.54) is 46.0 Å². The summed E-state index contributed by atoms with van der Waals surface area (Å²) in [5, 5.41) is 4.17. The Hall–Kier alpha value is -3.29. The number of urea groups is 1. The molecule has 0 saturated carbocycles. The summed E-state index contributed by atoms with van der Waals surface area (Å²) >= 11 is 7.87. The fourth-order valence-corrected chi connectivity index (χ4v) is 7.05. The minimum atomic E-state index is -0.513. The molecule has 0 fully saturated rings. The third-order valence-corrected chi connectivity index (χ3v) is 8.96. The predicted molar refractivity (Wildman–Crippen MR) is 149 cm³/mol. The van der Waals surface area contributed by atoms with Gasteiger partial charge in [0.25, 0.3) is 0 Å². The van der Waals surface area contributed by atoms with Crippen LogP contribution in [0.15, 0.2) is 60.8 Å². The molecule has 0 unspecified atom stereocenters. The van der Waals surface area contributed by atoms with Crippen LogP contribution < -0.4 is 10.2 Å². The van der Waals surface area contributed by atoms with Gasteiger partial charge in [-0.25, -0.2) is 9.18 Å². The molecule has 2 aromatic carbocycles. The second-order valence-electron chi connectivity index (χ2n) is 9.87. The number of thiophene rings is 1. The molecule has 3 heterocycles. The van der Waals surface area contributed by atoms with Crippen molar-refractivity contribution < 1.29 is 9.18 Å². The lowest BCUT2D eigenvalue weighted by Gasteiger charge is -2.31. The van der Waals surface area contributed by atoms with Crippen molar-refractivity contribution in [2.75, 3.05) is 24.3 Å². The zero-order valence-electron chi connectivity index (χ0n) is 20.8. The fraction of sp³-hybridized carbons (Fsp3) is 0.276. The summed E-state index contributed by atoms with van der Waals surface area (Å²) in [5.41, 5.74) is 6.27. The standard InChI is InChI=1S/C29H28ClFN4OS/c1-33(2)20-12-9-18(10-13-20)27-25-7-5-15-34(25)28-22(21-6-3-4-8-26(21)37-28)17-35(27)29(36)32-19-11-14-24(31)23(30)16-19/h5,7,9-16,27H,3-4,6,8,17H2,1-2H3,(H,32,36)/t27-/m0/s1. The molecule has 1 atom stereocenters. The molecule has 2 aliphatic rings. The first-order chi connectivity index (χ1) is 17.9. The number of halogens is 2. The van der Waals surface area contributed by atoms with Gasteiger partial charge < -0.3 is 19.7 Å². The lowest BCUT2D eigenvalue weighted by atomic mass is 9.95. The van der Waals surface area contributed by atoms with E-state index in [1.807, 2.05) is 30.3 Å². The molecular weight excluding hydrogens is 507 g/mol. The molecule has 8 heteroatoms. The number of rotatable bonds is 3. The van der Waals surface area contributed by atoms with Crippen molar-refractivity contribution in [2.24, 2.45) is 0 Å². The third kappa shape index (κ3) is 4.30. The third-order valence-electron chi connectivity index (χ3n) is 7.34. The number of amides is 2. The topological polar surface area (TPSA) is 40.5 Å². The molecule has 6 rings (SSSR count). The van der Waals surface area contributed by atoms with E-state index in [0.717, 1.165) is 29.8 Å². The molecule has 0 bridgehead atoms. The van der Waals surface area contributed by atoms with Gasteiger partial charge in [0, 0.05) is 42.1 Å². The first-order valence-corrected chi connectivity index (χ1v) is 13.7. The van der Waals surface area contributed by atoms with Crippen LogP contribution in [0.1, 0.15) is 46.1 Å². The van der Waals surface area contributed by atoms with E-state index in [4.69, 9.17) is 11.6 Å². The Balaban J connectivity index is 1.47. The van der Waals surface area contributed by atoms with Gasteiger partial charge in [0.2, 0.25) is 0 Å². The van der Waals surface area contributed by atoms with Crippen molar-refractivity contribution in [1.82, 2.24) is 9.47 Å². The number of anilines is 2. The SMILES string of the molecule is CN(C)c1ccc([C@H]2c3cccn3-c3sc4c(c3CN2C(=O)Nc2ccc(F)c(Cl)c2)CCCC4)cc1. The molecule has 4 aromatic rings. The summed E-state index contributed by atoms with van der Waals surface area (Å²) in [6.45, 7) is 0.490. The quantitative estimate of drug-likeness (QED) is 0.297. The van der Waals surface area contributed by atoms with Crippen molar-refractivity contribution in [1.29, 1.82) is 0 Å². The summed E-state index contributed by atoms with van der Waals surface area (Å²) in [6, 6.07) is 16.2. The zero-order valence-corrected chi connectivity index (χ0v) is 22.4. The highest BCUT2D eigenvalue weighted by Crippen LogP contribution is 2.44. The molecule has 190 valence electrons. The molecule has 2 aromatic heterocycles. The zero-order chi connectivity index (χ0) is 25.7. The predicted octanol–water partition coefficient (Wildman–Crippen LogP) is 7.41. The molecule has 0 spiro atoms. The number of aryl methyl sites for hydroxylation is 1. The number of hydrogen-bond donors (Lipinski definition) is 1. The van der Waals surface area contributed by atoms with E-state index in [1.54, 1.807) is 6.07 Å². The maximum Gasteiger partial charge on any atom is 0.322 e. The van der Waals surface area contributed by atoms with Crippen LogP contribution in [0.4, 0.5) is 20.6 Å². The number of nitrogens with one attached hydrogen (secondary N) is 1. The first-order valence-electron chi connectivity index (χ1n) is 12.5. The Bertz CT molecular complexity index is 1480. The molecule has 1 aliphatic heterocycles. The Kier molecular flexibility index (Phi) is 6.21. The van der Waals surface area contributed by atoms with Crippen LogP contribution in [0.3, 0.4) is 0 Å². The largest absolute Gasteiger partial charge is 0.378 e. The molecule has 37 heavy (non-hydrogen) atoms. The van der Waals surface area contributed by atoms with Gasteiger partial charge >= 0.3 is 6.03 Å². The van der Waals surface area contributed by atoms with Gasteiger partial charge in [-0.1, -0.05) is 23.7 Å². The number of aromatic nitrogens is 1. The van der Waals surface area contributed by atoms with Crippen molar-refractivity contribution >= 4 is 40.3 Å². The van der Waals surface area contributed by atoms with E-state index in [-0.39, 0.29) is 17.1 Å². The Morgan fingerprint density at radius 1 is 1.08 bits per heavy atom. The van der Waals surface area contributed by atoms with Gasteiger partial charge in [-0.2, -0.15) is 0 Å². The number of carbonyl (C=O) groups excluding carboxylic acids is 1. The lowest BCUT2D eigenvalue weighted by molar-refractivity contribution is 0.194. The minimum Gasteiger partial charge on any atom is -0.378 e. The normalized spacial score (nSPS) is 16.4. The maximum absolute atomic E-state index is 14.0. The molecular formula is C29H28ClFN4OS. The van der Waals surface area contributed by atoms with Crippen molar-refractivity contribution in [3.63, 3.8) is 0 Å². The van der Waals surface area contributed by atoms with Crippen molar-refractivity contribution in [3.05, 3.63) is 98.9 Å². The maximum atomic E-state index is 14.0. The van der Waals surface area contributed by atoms with E-state index in [2.05, 4.69) is 57.4 Å². The Labute approximate surface area is 225 Å². The van der Waals surface area contributed by atoms with Crippen molar-refractivity contribution in [3.8, 4) is 5.00 Å². The first kappa shape index (κ1) is 24.1. The van der Waals surface area contributed by atoms with Crippen molar-refractivity contribution in [2.45, 2.75) is 38.3 Å². The Morgan fingerprint density at radius 3 is 2.62 bits per heavy atom. The molecule has 5 nitrogen and oxygen atoms in total. The number of hydrogen-bond acceptors (Lipinski definition) is 3. The average Bonchev–Trinajstić information content (AvgIpc) is 3.48. The van der Waals surface area contributed by atoms with Crippen LogP contribution in [-0.2, 0) is 19.4 Å². The van der Waals surface area contributed by atoms with Crippen LogP contribution >= 0.6 is 22.9 Å². The van der Waals surface area contributed by atoms with Gasteiger partial charge in [0.1, 0.15) is 10.8 Å². The van der Waals surface area contributed by atoms with E-state index >= 15 is 0 Å². The number of carbonyl (C=O) groups is 1. The lowest BCUT2D eigenvalue weighted by Crippen LogP contribution is -2.38. The van der Waals surface area contributed by atoms with E-state index < -0.39 is 5.82 Å². The van der Waals surface area contributed by atoms with Crippen LogP contribution in [-0.4, -0.2) is 29.6 Å². The van der Waals surface area contributed by atoms with Gasteiger partial charge in [0.05, 0.1) is 23.3 Å². The number of fused-ring (bicyclic) bond motifs is 5. The van der Waals surface area contributed by atoms with E-state index in [0.29, 0.717) is 12.2 Å². The highest BCUT2D eigenvalue weighted by Gasteiger charge is 2.36. The summed E-state index contributed by atoms with van der Waals surface area (Å²) in [6.07, 6.45) is 6.63. The van der Waals surface area contributed by atoms with Gasteiger partial charge in [0.15, 0.2) is 0 Å². The second-order valence-corrected chi connectivity index (χ2v) is 11.4. The van der Waals surface area contributed by atoms with Gasteiger partial charge in [-0.3, -0.25) is 0 Å². The smallest absolute Gasteiger partial charge is 0.322 e. The molecule has 0 saturated heterocycles. The summed E-state index contributed by atoms with van der Waals surface area (Å²) in [5.74, 6) is -0.513. The Morgan fingerprint density at radius 2 is 1.86 bits per heavy atom. The number of benzene rings is 2. The summed E-state index contributed by atoms with van der Waals surface area (Å²) < 4.78 is 16.0. The monoisotopic (exact) mass is 534 g/mol. The summed E-state index contributed by atoms with van der Waals surface area (Å²) in [7, 11) is 4.03. The van der Waals surface area contributed by atoms with Crippen LogP contribution in [0, 0.1) is 5.82 Å². The fourth-order valence-electron chi connectivity index (χ4n) is 5.46. The van der Waals surface area contributed by atoms with Crippen LogP contribution in [0.25, 0.3) is 5.00 Å².